The topological polar surface area (TPSA) is 22.0 Å². The fourth-order valence-electron chi connectivity index (χ4n) is 3.40. The van der Waals surface area contributed by atoms with Crippen molar-refractivity contribution in [3.8, 4) is 0 Å². The van der Waals surface area contributed by atoms with Crippen molar-refractivity contribution in [1.29, 1.82) is 0 Å². The molecule has 0 spiro atoms. The quantitative estimate of drug-likeness (QED) is 0.559. The summed E-state index contributed by atoms with van der Waals surface area (Å²) in [6, 6.07) is 13.5. The lowest BCUT2D eigenvalue weighted by atomic mass is 9.99. The normalized spacial score (nSPS) is 11.4. The lowest BCUT2D eigenvalue weighted by Gasteiger charge is -2.09. The Kier molecular flexibility index (Phi) is 5.01. The van der Waals surface area contributed by atoms with Crippen LogP contribution in [0.25, 0.3) is 10.9 Å². The van der Waals surface area contributed by atoms with Crippen molar-refractivity contribution in [2.45, 2.75) is 40.5 Å². The van der Waals surface area contributed by atoms with Crippen LogP contribution < -0.4 is 0 Å². The average Bonchev–Trinajstić information content (AvgIpc) is 2.86. The number of aryl methyl sites for hydroxylation is 1. The highest BCUT2D eigenvalue weighted by atomic mass is 35.5. The Hall–Kier alpha value is -2.06. The van der Waals surface area contributed by atoms with E-state index in [9.17, 15) is 4.79 Å². The molecule has 0 aliphatic carbocycles. The molecule has 0 atom stereocenters. The van der Waals surface area contributed by atoms with E-state index in [4.69, 9.17) is 11.6 Å². The Morgan fingerprint density at radius 2 is 1.80 bits per heavy atom. The number of halogens is 1. The van der Waals surface area contributed by atoms with Gasteiger partial charge in [-0.15, -0.1) is 0 Å². The molecule has 3 heteroatoms. The molecular weight excluding hydrogens is 330 g/mol. The van der Waals surface area contributed by atoms with Gasteiger partial charge in [-0.1, -0.05) is 38.4 Å². The lowest BCUT2D eigenvalue weighted by Crippen LogP contribution is -2.13. The van der Waals surface area contributed by atoms with Gasteiger partial charge in [0.25, 0.3) is 5.91 Å². The number of rotatable bonds is 4. The Morgan fingerprint density at radius 3 is 2.40 bits per heavy atom. The molecule has 0 N–H and O–H groups in total. The monoisotopic (exact) mass is 353 g/mol. The van der Waals surface area contributed by atoms with Gasteiger partial charge < -0.3 is 0 Å². The summed E-state index contributed by atoms with van der Waals surface area (Å²) in [4.78, 5) is 13.2. The average molecular weight is 354 g/mol. The van der Waals surface area contributed by atoms with E-state index in [1.165, 1.54) is 16.5 Å². The van der Waals surface area contributed by atoms with Crippen molar-refractivity contribution in [2.24, 2.45) is 5.92 Å². The van der Waals surface area contributed by atoms with Crippen LogP contribution in [-0.2, 0) is 12.8 Å². The number of nitrogens with zero attached hydrogens (tertiary/aromatic N) is 1. The fourth-order valence-corrected chi connectivity index (χ4v) is 3.53. The van der Waals surface area contributed by atoms with Crippen LogP contribution in [0.15, 0.2) is 42.5 Å². The molecule has 0 aliphatic rings. The Labute approximate surface area is 154 Å². The van der Waals surface area contributed by atoms with Crippen LogP contribution in [0.1, 0.15) is 48.0 Å². The zero-order valence-electron chi connectivity index (χ0n) is 15.3. The van der Waals surface area contributed by atoms with Crippen LogP contribution in [0.3, 0.4) is 0 Å². The molecule has 0 amide bonds. The minimum absolute atomic E-state index is 0.00146. The smallest absolute Gasteiger partial charge is 0.262 e. The van der Waals surface area contributed by atoms with Crippen LogP contribution in [-0.4, -0.2) is 10.5 Å². The van der Waals surface area contributed by atoms with E-state index in [1.807, 2.05) is 4.57 Å². The van der Waals surface area contributed by atoms with Crippen molar-refractivity contribution < 1.29 is 4.79 Å². The highest BCUT2D eigenvalue weighted by molar-refractivity contribution is 6.30. The predicted molar refractivity (Wildman–Crippen MR) is 106 cm³/mol. The maximum atomic E-state index is 13.2. The number of carbonyl (C=O) groups is 1. The summed E-state index contributed by atoms with van der Waals surface area (Å²) in [5.74, 6) is 0.534. The van der Waals surface area contributed by atoms with Gasteiger partial charge in [0, 0.05) is 21.7 Å². The van der Waals surface area contributed by atoms with Crippen LogP contribution in [0.5, 0.6) is 0 Å². The van der Waals surface area contributed by atoms with Crippen LogP contribution in [0.2, 0.25) is 5.02 Å². The largest absolute Gasteiger partial charge is 0.280 e. The van der Waals surface area contributed by atoms with E-state index >= 15 is 0 Å². The van der Waals surface area contributed by atoms with E-state index < -0.39 is 0 Å². The van der Waals surface area contributed by atoms with Gasteiger partial charge in [-0.25, -0.2) is 0 Å². The molecule has 0 radical (unpaired) electrons. The molecule has 130 valence electrons. The third kappa shape index (κ3) is 3.36. The zero-order valence-corrected chi connectivity index (χ0v) is 16.0. The molecule has 0 fully saturated rings. The first-order chi connectivity index (χ1) is 11.9. The van der Waals surface area contributed by atoms with Crippen molar-refractivity contribution in [2.75, 3.05) is 0 Å². The van der Waals surface area contributed by atoms with Gasteiger partial charge in [0.2, 0.25) is 0 Å². The molecule has 0 aliphatic heterocycles. The summed E-state index contributed by atoms with van der Waals surface area (Å²) in [6.07, 6.45) is 1.96. The van der Waals surface area contributed by atoms with E-state index in [0.717, 1.165) is 24.1 Å². The van der Waals surface area contributed by atoms with Gasteiger partial charge in [-0.3, -0.25) is 9.36 Å². The van der Waals surface area contributed by atoms with E-state index in [2.05, 4.69) is 45.9 Å². The molecule has 25 heavy (non-hydrogen) atoms. The third-order valence-electron chi connectivity index (χ3n) is 4.71. The molecule has 0 saturated carbocycles. The second-order valence-electron chi connectivity index (χ2n) is 7.01. The first kappa shape index (κ1) is 17.8. The van der Waals surface area contributed by atoms with Crippen LogP contribution >= 0.6 is 11.6 Å². The summed E-state index contributed by atoms with van der Waals surface area (Å²) in [6.45, 7) is 8.64. The number of carbonyl (C=O) groups excluding carboxylic acids is 1. The second kappa shape index (κ2) is 7.05. The predicted octanol–water partition coefficient (Wildman–Crippen LogP) is 6.05. The molecule has 1 heterocycles. The molecule has 1 aromatic heterocycles. The fraction of sp³-hybridized carbons (Fsp3) is 0.318. The summed E-state index contributed by atoms with van der Waals surface area (Å²) in [7, 11) is 0. The van der Waals surface area contributed by atoms with Gasteiger partial charge >= 0.3 is 0 Å². The van der Waals surface area contributed by atoms with Crippen molar-refractivity contribution in [1.82, 2.24) is 4.57 Å². The molecular formula is C22H24ClNO. The van der Waals surface area contributed by atoms with E-state index in [1.54, 1.807) is 24.3 Å². The van der Waals surface area contributed by atoms with Gasteiger partial charge in [-0.2, -0.15) is 0 Å². The van der Waals surface area contributed by atoms with Crippen LogP contribution in [0, 0.1) is 12.8 Å². The number of hydrogen-bond acceptors (Lipinski definition) is 1. The Balaban J connectivity index is 2.22. The number of hydrogen-bond donors (Lipinski definition) is 0. The van der Waals surface area contributed by atoms with Crippen LogP contribution in [0.4, 0.5) is 0 Å². The molecule has 0 unspecified atom stereocenters. The minimum Gasteiger partial charge on any atom is -0.280 e. The molecule has 0 bridgehead atoms. The molecule has 2 aromatic carbocycles. The van der Waals surface area contributed by atoms with Crippen molar-refractivity contribution in [3.05, 3.63) is 69.9 Å². The summed E-state index contributed by atoms with van der Waals surface area (Å²) in [5.41, 5.74) is 5.26. The second-order valence-corrected chi connectivity index (χ2v) is 7.45. The van der Waals surface area contributed by atoms with Crippen molar-refractivity contribution in [3.63, 3.8) is 0 Å². The first-order valence-electron chi connectivity index (χ1n) is 8.85. The molecule has 0 saturated heterocycles. The Morgan fingerprint density at radius 1 is 1.12 bits per heavy atom. The Bertz CT molecular complexity index is 919. The summed E-state index contributed by atoms with van der Waals surface area (Å²) >= 11 is 5.97. The SMILES string of the molecule is CCc1ccc2c(c1)c(CC(C)C)c(C)n2C(=O)c1ccc(Cl)cc1. The number of fused-ring (bicyclic) bond motifs is 1. The molecule has 3 aromatic rings. The molecule has 2 nitrogen and oxygen atoms in total. The van der Waals surface area contributed by atoms with Gasteiger partial charge in [0.15, 0.2) is 0 Å². The minimum atomic E-state index is -0.00146. The maximum Gasteiger partial charge on any atom is 0.262 e. The van der Waals surface area contributed by atoms with Gasteiger partial charge in [0.1, 0.15) is 0 Å². The summed E-state index contributed by atoms with van der Waals surface area (Å²) < 4.78 is 1.86. The summed E-state index contributed by atoms with van der Waals surface area (Å²) in [5, 5.41) is 1.84. The molecule has 3 rings (SSSR count). The highest BCUT2D eigenvalue weighted by Gasteiger charge is 2.20. The third-order valence-corrected chi connectivity index (χ3v) is 4.97. The maximum absolute atomic E-state index is 13.2. The van der Waals surface area contributed by atoms with E-state index in [-0.39, 0.29) is 5.91 Å². The van der Waals surface area contributed by atoms with E-state index in [0.29, 0.717) is 16.5 Å². The highest BCUT2D eigenvalue weighted by Crippen LogP contribution is 2.30. The number of benzene rings is 2. The van der Waals surface area contributed by atoms with Crippen molar-refractivity contribution >= 4 is 28.4 Å². The lowest BCUT2D eigenvalue weighted by molar-refractivity contribution is 0.0963. The standard InChI is InChI=1S/C22H24ClNO/c1-5-16-6-11-21-20(13-16)19(12-14(2)3)15(4)24(21)22(25)17-7-9-18(23)10-8-17/h6-11,13-14H,5,12H2,1-4H3. The van der Waals surface area contributed by atoms with Gasteiger partial charge in [-0.05, 0) is 73.2 Å². The first-order valence-corrected chi connectivity index (χ1v) is 9.23. The van der Waals surface area contributed by atoms with Gasteiger partial charge in [0.05, 0.1) is 5.52 Å². The number of aromatic nitrogens is 1. The zero-order chi connectivity index (χ0) is 18.1.